The maximum absolute atomic E-state index is 6.29. The predicted octanol–water partition coefficient (Wildman–Crippen LogP) is 17.8. The fraction of sp³-hybridized carbons (Fsp3) is 0.0317. The van der Waals surface area contributed by atoms with Gasteiger partial charge < -0.3 is 8.98 Å². The molecule has 0 fully saturated rings. The van der Waals surface area contributed by atoms with Gasteiger partial charge in [0.1, 0.15) is 11.2 Å². The molecule has 14 rings (SSSR count). The second-order valence-electron chi connectivity index (χ2n) is 17.1. The van der Waals surface area contributed by atoms with Crippen molar-refractivity contribution in [2.75, 3.05) is 0 Å². The number of benzene rings is 10. The SMILES string of the molecule is CC.c1ccc(-c2nc(-c3ccc(-n4c5cc6ccccc6cc5c5cccc(-c6cccc(-c7cccc8c7sc7ccccc78)c6)c54)cc3)nc(-c3ccc4c(c3)oc3ccccc34)n2)cc1. The van der Waals surface area contributed by atoms with Gasteiger partial charge in [-0.25, -0.2) is 15.0 Å². The smallest absolute Gasteiger partial charge is 0.164 e. The van der Waals surface area contributed by atoms with Crippen molar-refractivity contribution in [3.63, 3.8) is 0 Å². The molecule has 5 nitrogen and oxygen atoms in total. The van der Waals surface area contributed by atoms with Gasteiger partial charge in [-0.15, -0.1) is 11.3 Å². The molecule has 0 saturated heterocycles. The van der Waals surface area contributed by atoms with Gasteiger partial charge in [-0.3, -0.25) is 0 Å². The number of furan rings is 1. The van der Waals surface area contributed by atoms with Gasteiger partial charge in [-0.2, -0.15) is 0 Å². The lowest BCUT2D eigenvalue weighted by atomic mass is 9.96. The van der Waals surface area contributed by atoms with Crippen LogP contribution in [0.1, 0.15) is 13.8 Å². The summed E-state index contributed by atoms with van der Waals surface area (Å²) in [6.07, 6.45) is 0. The summed E-state index contributed by atoms with van der Waals surface area (Å²) in [5.41, 5.74) is 12.5. The van der Waals surface area contributed by atoms with Crippen molar-refractivity contribution < 1.29 is 4.42 Å². The first-order valence-corrected chi connectivity index (χ1v) is 24.3. The number of nitrogens with zero attached hydrogens (tertiary/aromatic N) is 4. The van der Waals surface area contributed by atoms with E-state index in [1.807, 2.05) is 79.8 Å². The van der Waals surface area contributed by atoms with Crippen molar-refractivity contribution in [1.29, 1.82) is 0 Å². The number of rotatable bonds is 6. The van der Waals surface area contributed by atoms with Crippen molar-refractivity contribution in [3.05, 3.63) is 218 Å². The molecule has 10 aromatic carbocycles. The molecule has 0 radical (unpaired) electrons. The van der Waals surface area contributed by atoms with Crippen molar-refractivity contribution >= 4 is 86.0 Å². The van der Waals surface area contributed by atoms with Crippen molar-refractivity contribution in [2.24, 2.45) is 0 Å². The molecule has 4 aromatic heterocycles. The summed E-state index contributed by atoms with van der Waals surface area (Å²) in [6, 6.07) is 77.7. The van der Waals surface area contributed by atoms with E-state index in [1.165, 1.54) is 64.0 Å². The highest BCUT2D eigenvalue weighted by atomic mass is 32.1. The van der Waals surface area contributed by atoms with Crippen molar-refractivity contribution in [1.82, 2.24) is 19.5 Å². The Kier molecular flexibility index (Phi) is 9.73. The Bertz CT molecular complexity index is 4280. The highest BCUT2D eigenvalue weighted by molar-refractivity contribution is 7.26. The Hall–Kier alpha value is -8.71. The van der Waals surface area contributed by atoms with E-state index in [0.29, 0.717) is 17.5 Å². The molecule has 6 heteroatoms. The van der Waals surface area contributed by atoms with Gasteiger partial charge in [-0.1, -0.05) is 166 Å². The number of aromatic nitrogens is 4. The first kappa shape index (κ1) is 40.6. The maximum Gasteiger partial charge on any atom is 0.164 e. The quantitative estimate of drug-likeness (QED) is 0.167. The molecule has 0 saturated carbocycles. The summed E-state index contributed by atoms with van der Waals surface area (Å²) < 4.78 is 11.4. The molecule has 69 heavy (non-hydrogen) atoms. The van der Waals surface area contributed by atoms with E-state index in [0.717, 1.165) is 55.3 Å². The van der Waals surface area contributed by atoms with Crippen LogP contribution < -0.4 is 0 Å². The molecular formula is C63H42N4OS. The molecule has 0 unspecified atom stereocenters. The van der Waals surface area contributed by atoms with Gasteiger partial charge in [-0.05, 0) is 94.2 Å². The van der Waals surface area contributed by atoms with Crippen LogP contribution in [0.3, 0.4) is 0 Å². The summed E-state index contributed by atoms with van der Waals surface area (Å²) in [6.45, 7) is 4.00. The van der Waals surface area contributed by atoms with Crippen LogP contribution in [0.25, 0.3) is 137 Å². The third-order valence-corrected chi connectivity index (χ3v) is 14.5. The third-order valence-electron chi connectivity index (χ3n) is 13.2. The van der Waals surface area contributed by atoms with E-state index in [4.69, 9.17) is 19.4 Å². The number of para-hydroxylation sites is 2. The van der Waals surface area contributed by atoms with E-state index < -0.39 is 0 Å². The fourth-order valence-corrected chi connectivity index (χ4v) is 11.3. The largest absolute Gasteiger partial charge is 0.456 e. The average Bonchev–Trinajstić information content (AvgIpc) is 4.10. The number of fused-ring (bicyclic) bond motifs is 10. The summed E-state index contributed by atoms with van der Waals surface area (Å²) in [4.78, 5) is 15.3. The molecule has 4 heterocycles. The molecule has 0 amide bonds. The van der Waals surface area contributed by atoms with Crippen LogP contribution in [-0.2, 0) is 0 Å². The van der Waals surface area contributed by atoms with E-state index >= 15 is 0 Å². The van der Waals surface area contributed by atoms with Crippen molar-refractivity contribution in [2.45, 2.75) is 13.8 Å². The lowest BCUT2D eigenvalue weighted by molar-refractivity contribution is 0.669. The van der Waals surface area contributed by atoms with Gasteiger partial charge in [0.05, 0.1) is 11.0 Å². The van der Waals surface area contributed by atoms with Crippen LogP contribution in [-0.4, -0.2) is 19.5 Å². The maximum atomic E-state index is 6.29. The zero-order chi connectivity index (χ0) is 46.0. The van der Waals surface area contributed by atoms with Crippen molar-refractivity contribution in [3.8, 4) is 62.1 Å². The Morgan fingerprint density at radius 2 is 0.942 bits per heavy atom. The summed E-state index contributed by atoms with van der Waals surface area (Å²) in [5.74, 6) is 1.79. The number of hydrogen-bond acceptors (Lipinski definition) is 5. The van der Waals surface area contributed by atoms with E-state index in [9.17, 15) is 0 Å². The van der Waals surface area contributed by atoms with E-state index in [1.54, 1.807) is 0 Å². The first-order chi connectivity index (χ1) is 34.2. The lowest BCUT2D eigenvalue weighted by Crippen LogP contribution is -2.00. The molecule has 0 atom stereocenters. The second kappa shape index (κ2) is 16.6. The van der Waals surface area contributed by atoms with Gasteiger partial charge in [0.25, 0.3) is 0 Å². The zero-order valence-electron chi connectivity index (χ0n) is 37.9. The fourth-order valence-electron chi connectivity index (χ4n) is 10.1. The van der Waals surface area contributed by atoms with Crippen LogP contribution in [0.4, 0.5) is 0 Å². The average molecular weight is 903 g/mol. The lowest BCUT2D eigenvalue weighted by Gasteiger charge is -2.14. The Balaban J connectivity index is 0.00000232. The first-order valence-electron chi connectivity index (χ1n) is 23.5. The minimum atomic E-state index is 0.583. The molecule has 326 valence electrons. The summed E-state index contributed by atoms with van der Waals surface area (Å²) >= 11 is 1.87. The Morgan fingerprint density at radius 1 is 0.377 bits per heavy atom. The topological polar surface area (TPSA) is 56.7 Å². The van der Waals surface area contributed by atoms with Gasteiger partial charge in [0.2, 0.25) is 0 Å². The molecule has 14 aromatic rings. The highest BCUT2D eigenvalue weighted by Gasteiger charge is 2.20. The van der Waals surface area contributed by atoms with E-state index in [2.05, 4.69) is 168 Å². The highest BCUT2D eigenvalue weighted by Crippen LogP contribution is 2.44. The van der Waals surface area contributed by atoms with Crippen LogP contribution in [0.5, 0.6) is 0 Å². The number of hydrogen-bond donors (Lipinski definition) is 0. The van der Waals surface area contributed by atoms with Crippen LogP contribution in [0.15, 0.2) is 223 Å². The normalized spacial score (nSPS) is 11.6. The molecule has 0 bridgehead atoms. The molecule has 0 aliphatic carbocycles. The monoisotopic (exact) mass is 902 g/mol. The zero-order valence-corrected chi connectivity index (χ0v) is 38.7. The second-order valence-corrected chi connectivity index (χ2v) is 18.2. The van der Waals surface area contributed by atoms with Gasteiger partial charge >= 0.3 is 0 Å². The molecule has 0 N–H and O–H groups in total. The molecule has 0 spiro atoms. The van der Waals surface area contributed by atoms with E-state index in [-0.39, 0.29) is 0 Å². The van der Waals surface area contributed by atoms with Gasteiger partial charge in [0.15, 0.2) is 17.5 Å². The van der Waals surface area contributed by atoms with Crippen LogP contribution >= 0.6 is 11.3 Å². The van der Waals surface area contributed by atoms with Crippen LogP contribution in [0.2, 0.25) is 0 Å². The van der Waals surface area contributed by atoms with Crippen LogP contribution in [0, 0.1) is 0 Å². The standard InChI is InChI=1S/C61H36N4OS.C2H6/c1-2-13-37(14-3-1)59-62-60(64-61(63-59)43-29-32-48-47-19-6-8-25-54(47)66-55(48)36-43)38-27-30-44(31-28-38)65-53-35-40-16-5-4-15-39(40)34-52(53)50-23-11-21-45(57(50)65)41-17-10-18-42(33-41)46-22-12-24-51-49-20-7-9-26-56(49)67-58(46)51;1-2/h1-36H;1-2H3. The van der Waals surface area contributed by atoms with Gasteiger partial charge in [0, 0.05) is 69.7 Å². The molecular weight excluding hydrogens is 861 g/mol. The molecule has 0 aliphatic heterocycles. The minimum Gasteiger partial charge on any atom is -0.456 e. The Labute approximate surface area is 402 Å². The minimum absolute atomic E-state index is 0.583. The Morgan fingerprint density at radius 3 is 1.74 bits per heavy atom. The predicted molar refractivity (Wildman–Crippen MR) is 290 cm³/mol. The summed E-state index contributed by atoms with van der Waals surface area (Å²) in [5, 5.41) is 9.58. The summed E-state index contributed by atoms with van der Waals surface area (Å²) in [7, 11) is 0. The third kappa shape index (κ3) is 6.79. The molecule has 0 aliphatic rings. The number of thiophene rings is 1.